The Morgan fingerprint density at radius 3 is 2.27 bits per heavy atom. The van der Waals surface area contributed by atoms with Crippen LogP contribution in [0.15, 0.2) is 35.2 Å². The topological polar surface area (TPSA) is 37.4 Å². The highest BCUT2D eigenvalue weighted by molar-refractivity contribution is 8.18. The van der Waals surface area contributed by atoms with Gasteiger partial charge in [0.05, 0.1) is 21.5 Å². The first kappa shape index (κ1) is 19.0. The van der Waals surface area contributed by atoms with Crippen LogP contribution < -0.4 is 0 Å². The van der Waals surface area contributed by atoms with Gasteiger partial charge in [0, 0.05) is 0 Å². The summed E-state index contributed by atoms with van der Waals surface area (Å²) < 4.78 is 0. The zero-order valence-electron chi connectivity index (χ0n) is 14.6. The van der Waals surface area contributed by atoms with Gasteiger partial charge in [-0.3, -0.25) is 14.5 Å². The van der Waals surface area contributed by atoms with E-state index in [1.54, 1.807) is 18.2 Å². The molecule has 0 spiro atoms. The van der Waals surface area contributed by atoms with Crippen LogP contribution in [0.2, 0.25) is 10.0 Å². The largest absolute Gasteiger partial charge is 0.293 e. The Kier molecular flexibility index (Phi) is 5.47. The molecular weight excluding hydrogens is 389 g/mol. The molecule has 0 radical (unpaired) electrons. The quantitative estimate of drug-likeness (QED) is 0.574. The number of amides is 2. The van der Waals surface area contributed by atoms with E-state index in [1.165, 1.54) is 10.5 Å². The fourth-order valence-electron chi connectivity index (χ4n) is 3.01. The van der Waals surface area contributed by atoms with Crippen molar-refractivity contribution in [2.24, 2.45) is 0 Å². The fourth-order valence-corrected chi connectivity index (χ4v) is 4.15. The molecular formula is C20H17Cl2NO2S. The number of carbonyl (C=O) groups excluding carboxylic acids is 2. The molecule has 2 amide bonds. The first-order valence-electron chi connectivity index (χ1n) is 8.03. The molecule has 6 heteroatoms. The number of benzene rings is 2. The van der Waals surface area contributed by atoms with Crippen molar-refractivity contribution in [2.75, 3.05) is 0 Å². The molecule has 0 atom stereocenters. The second kappa shape index (κ2) is 7.47. The summed E-state index contributed by atoms with van der Waals surface area (Å²) in [5, 5.41) is 0.557. The SMILES string of the molecule is Cc1cc(C)c(/C=C2\SC(=O)N(Cc3ccc(Cl)c(Cl)c3)C2=O)c(C)c1. The van der Waals surface area contributed by atoms with Crippen molar-refractivity contribution in [3.63, 3.8) is 0 Å². The number of aryl methyl sites for hydroxylation is 3. The number of thioether (sulfide) groups is 1. The molecule has 134 valence electrons. The lowest BCUT2D eigenvalue weighted by molar-refractivity contribution is -0.123. The Morgan fingerprint density at radius 2 is 1.65 bits per heavy atom. The number of hydrogen-bond acceptors (Lipinski definition) is 3. The predicted molar refractivity (Wildman–Crippen MR) is 109 cm³/mol. The smallest absolute Gasteiger partial charge is 0.268 e. The van der Waals surface area contributed by atoms with Crippen molar-refractivity contribution in [3.05, 3.63) is 73.1 Å². The van der Waals surface area contributed by atoms with Crippen LogP contribution in [0.1, 0.15) is 27.8 Å². The summed E-state index contributed by atoms with van der Waals surface area (Å²) in [4.78, 5) is 26.7. The number of rotatable bonds is 3. The van der Waals surface area contributed by atoms with E-state index in [0.29, 0.717) is 15.0 Å². The standard InChI is InChI=1S/C20H17Cl2NO2S/c1-11-6-12(2)15(13(3)7-11)9-18-19(24)23(20(25)26-18)10-14-4-5-16(21)17(22)8-14/h4-9H,10H2,1-3H3/b18-9-. The molecule has 0 aromatic heterocycles. The number of nitrogens with zero attached hydrogens (tertiary/aromatic N) is 1. The molecule has 3 rings (SSSR count). The molecule has 0 saturated carbocycles. The van der Waals surface area contributed by atoms with E-state index in [9.17, 15) is 9.59 Å². The maximum absolute atomic E-state index is 12.7. The molecule has 1 fully saturated rings. The van der Waals surface area contributed by atoms with E-state index in [-0.39, 0.29) is 17.7 Å². The number of halogens is 2. The Morgan fingerprint density at radius 1 is 1.00 bits per heavy atom. The fraction of sp³-hybridized carbons (Fsp3) is 0.200. The van der Waals surface area contributed by atoms with Gasteiger partial charge in [0.15, 0.2) is 0 Å². The lowest BCUT2D eigenvalue weighted by atomic mass is 9.99. The maximum atomic E-state index is 12.7. The first-order valence-corrected chi connectivity index (χ1v) is 9.60. The highest BCUT2D eigenvalue weighted by Gasteiger charge is 2.35. The van der Waals surface area contributed by atoms with Crippen molar-refractivity contribution in [1.29, 1.82) is 0 Å². The molecule has 2 aromatic rings. The third-order valence-electron chi connectivity index (χ3n) is 4.21. The maximum Gasteiger partial charge on any atom is 0.293 e. The molecule has 1 heterocycles. The molecule has 0 unspecified atom stereocenters. The second-order valence-corrected chi connectivity index (χ2v) is 8.14. The van der Waals surface area contributed by atoms with Gasteiger partial charge in [-0.2, -0.15) is 0 Å². The molecule has 2 aromatic carbocycles. The minimum absolute atomic E-state index is 0.171. The first-order chi connectivity index (χ1) is 12.3. The summed E-state index contributed by atoms with van der Waals surface area (Å²) in [6, 6.07) is 9.23. The van der Waals surface area contributed by atoms with Gasteiger partial charge in [0.2, 0.25) is 0 Å². The van der Waals surface area contributed by atoms with Crippen LogP contribution in [0.3, 0.4) is 0 Å². The highest BCUT2D eigenvalue weighted by atomic mass is 35.5. The monoisotopic (exact) mass is 405 g/mol. The van der Waals surface area contributed by atoms with Crippen LogP contribution in [-0.2, 0) is 11.3 Å². The van der Waals surface area contributed by atoms with Crippen molar-refractivity contribution in [1.82, 2.24) is 4.90 Å². The van der Waals surface area contributed by atoms with Gasteiger partial charge in [-0.25, -0.2) is 0 Å². The predicted octanol–water partition coefficient (Wildman–Crippen LogP) is 6.16. The Bertz CT molecular complexity index is 930. The van der Waals surface area contributed by atoms with Gasteiger partial charge in [-0.1, -0.05) is 47.0 Å². The van der Waals surface area contributed by atoms with Gasteiger partial charge in [0.25, 0.3) is 11.1 Å². The minimum Gasteiger partial charge on any atom is -0.268 e. The van der Waals surface area contributed by atoms with Gasteiger partial charge in [-0.05, 0) is 73.0 Å². The molecule has 0 aliphatic carbocycles. The highest BCUT2D eigenvalue weighted by Crippen LogP contribution is 2.35. The summed E-state index contributed by atoms with van der Waals surface area (Å²) in [6.07, 6.45) is 1.81. The summed E-state index contributed by atoms with van der Waals surface area (Å²) in [5.74, 6) is -0.287. The minimum atomic E-state index is -0.287. The van der Waals surface area contributed by atoms with Gasteiger partial charge in [0.1, 0.15) is 0 Å². The van der Waals surface area contributed by atoms with Crippen molar-refractivity contribution < 1.29 is 9.59 Å². The third-order valence-corrected chi connectivity index (χ3v) is 5.86. The normalized spacial score (nSPS) is 16.0. The van der Waals surface area contributed by atoms with Crippen molar-refractivity contribution in [2.45, 2.75) is 27.3 Å². The second-order valence-electron chi connectivity index (χ2n) is 6.33. The van der Waals surface area contributed by atoms with Crippen LogP contribution in [0, 0.1) is 20.8 Å². The Hall–Kier alpha value is -1.75. The molecule has 1 aliphatic rings. The van der Waals surface area contributed by atoms with Crippen LogP contribution in [0.4, 0.5) is 4.79 Å². The van der Waals surface area contributed by atoms with Crippen LogP contribution in [0.5, 0.6) is 0 Å². The van der Waals surface area contributed by atoms with Gasteiger partial charge < -0.3 is 0 Å². The van der Waals surface area contributed by atoms with Crippen LogP contribution in [0.25, 0.3) is 6.08 Å². The summed E-state index contributed by atoms with van der Waals surface area (Å²) in [5.41, 5.74) is 5.07. The lowest BCUT2D eigenvalue weighted by Gasteiger charge is -2.13. The molecule has 0 bridgehead atoms. The van der Waals surface area contributed by atoms with E-state index in [4.69, 9.17) is 23.2 Å². The van der Waals surface area contributed by atoms with E-state index in [0.717, 1.165) is 34.0 Å². The van der Waals surface area contributed by atoms with Crippen molar-refractivity contribution >= 4 is 52.2 Å². The average molecular weight is 406 g/mol. The number of hydrogen-bond donors (Lipinski definition) is 0. The van der Waals surface area contributed by atoms with Gasteiger partial charge >= 0.3 is 0 Å². The van der Waals surface area contributed by atoms with Crippen LogP contribution >= 0.6 is 35.0 Å². The molecule has 0 N–H and O–H groups in total. The van der Waals surface area contributed by atoms with E-state index >= 15 is 0 Å². The Balaban J connectivity index is 1.88. The van der Waals surface area contributed by atoms with E-state index < -0.39 is 0 Å². The van der Waals surface area contributed by atoms with E-state index in [2.05, 4.69) is 12.1 Å². The van der Waals surface area contributed by atoms with E-state index in [1.807, 2.05) is 26.8 Å². The Labute approximate surface area is 167 Å². The summed E-state index contributed by atoms with van der Waals surface area (Å²) in [6.45, 7) is 6.22. The molecule has 1 saturated heterocycles. The zero-order chi connectivity index (χ0) is 19.0. The van der Waals surface area contributed by atoms with Crippen LogP contribution in [-0.4, -0.2) is 16.0 Å². The number of imide groups is 1. The summed E-state index contributed by atoms with van der Waals surface area (Å²) >= 11 is 12.9. The zero-order valence-corrected chi connectivity index (χ0v) is 16.9. The number of carbonyl (C=O) groups is 2. The molecule has 3 nitrogen and oxygen atoms in total. The molecule has 1 aliphatic heterocycles. The third kappa shape index (κ3) is 3.83. The summed E-state index contributed by atoms with van der Waals surface area (Å²) in [7, 11) is 0. The van der Waals surface area contributed by atoms with Crippen molar-refractivity contribution in [3.8, 4) is 0 Å². The van der Waals surface area contributed by atoms with Gasteiger partial charge in [-0.15, -0.1) is 0 Å². The average Bonchev–Trinajstić information content (AvgIpc) is 2.82. The molecule has 26 heavy (non-hydrogen) atoms. The lowest BCUT2D eigenvalue weighted by Crippen LogP contribution is -2.27.